The summed E-state index contributed by atoms with van der Waals surface area (Å²) < 4.78 is 26.9. The first-order valence-electron chi connectivity index (χ1n) is 41.0. The van der Waals surface area contributed by atoms with Gasteiger partial charge in [0.05, 0.1) is 70.6 Å². The molecular formula is C86H93N29O10. The monoisotopic (exact) mass is 1690 g/mol. The maximum absolute atomic E-state index is 12.9. The van der Waals surface area contributed by atoms with Crippen molar-refractivity contribution in [2.75, 3.05) is 86.9 Å². The molecule has 0 bridgehead atoms. The Kier molecular flexibility index (Phi) is 26.6. The van der Waals surface area contributed by atoms with E-state index in [1.165, 1.54) is 0 Å². The number of rotatable bonds is 23. The van der Waals surface area contributed by atoms with Crippen molar-refractivity contribution in [2.45, 2.75) is 86.5 Å². The molecule has 0 spiro atoms. The molecule has 0 aliphatic carbocycles. The van der Waals surface area contributed by atoms with E-state index >= 15 is 0 Å². The standard InChI is InChI=1S/C24H28N8O3.C23H25N7O3.C21H23N7O2.C18H17N7O2/c1-2-25-24(34)29-23-27-19-14-18(15-20(22(19)28-23)32-6-3-5-26-32)17-4-7-31(21(33)16-17)9-8-30-10-12-35-13-11-30;1-2-24-23(32)28-22-26-18-11-16(12-19(21(18)27-22)30-8-4-7-25-30)15-6-9-29(20(31)13-15)14-17-5-3-10-33-17;1-3-8-27-10-6-14(13-18(27)29)15-11-16-19(17(12-15)28-9-5-7-23-28)25-20(24-16)26-21(30)22-4-2;1-3-20-18(26)23-17-21-14-8-12(11-5-4-6-19-9-11)7-13(15(14)22-17)16-25-24-10(2)27-16/h3-7,14-16H,2,8-13H2,1H3,(H3,25,27,28,29,34);4,6-9,11-13,17H,2-3,5,10,14H2,1H3,(H3,24,26,27,28,32);5-7,9-13H,3-4,8H2,1-2H3,(H3,22,24,25,26,30);4-9H,3H2,1-2H3,(H3,20,21,22,23,26). The van der Waals surface area contributed by atoms with Gasteiger partial charge in [0, 0.05) is 164 Å². The first-order valence-corrected chi connectivity index (χ1v) is 41.0. The number of morpholine rings is 1. The van der Waals surface area contributed by atoms with E-state index in [1.54, 1.807) is 83.9 Å². The number of aromatic amines is 4. The Morgan fingerprint density at radius 3 is 1.24 bits per heavy atom. The van der Waals surface area contributed by atoms with Crippen molar-refractivity contribution in [2.24, 2.45) is 0 Å². The third kappa shape index (κ3) is 20.6. The molecule has 12 N–H and O–H groups in total. The number of carbonyl (C=O) groups excluding carboxylic acids is 4. The summed E-state index contributed by atoms with van der Waals surface area (Å²) in [5, 5.41) is 42.5. The fourth-order valence-electron chi connectivity index (χ4n) is 14.3. The number of aryl methyl sites for hydroxylation is 2. The Morgan fingerprint density at radius 2 is 0.864 bits per heavy atom. The molecule has 16 aromatic rings. The van der Waals surface area contributed by atoms with Gasteiger partial charge in [-0.1, -0.05) is 13.0 Å². The highest BCUT2D eigenvalue weighted by atomic mass is 16.5. The zero-order valence-electron chi connectivity index (χ0n) is 69.4. The molecule has 8 amide bonds. The lowest BCUT2D eigenvalue weighted by molar-refractivity contribution is 0.0363. The summed E-state index contributed by atoms with van der Waals surface area (Å²) in [7, 11) is 0. The van der Waals surface area contributed by atoms with E-state index in [0.717, 1.165) is 137 Å². The summed E-state index contributed by atoms with van der Waals surface area (Å²) in [6.07, 6.45) is 22.5. The van der Waals surface area contributed by atoms with E-state index in [2.05, 4.69) is 118 Å². The number of nitrogens with zero attached hydrogens (tertiary/aromatic N) is 17. The van der Waals surface area contributed by atoms with Gasteiger partial charge < -0.3 is 68.8 Å². The summed E-state index contributed by atoms with van der Waals surface area (Å²) in [4.78, 5) is 123. The van der Waals surface area contributed by atoms with Crippen LogP contribution in [0, 0.1) is 6.92 Å². The maximum atomic E-state index is 12.9. The van der Waals surface area contributed by atoms with Gasteiger partial charge in [-0.3, -0.25) is 45.5 Å². The molecule has 125 heavy (non-hydrogen) atoms. The van der Waals surface area contributed by atoms with Crippen LogP contribution in [0.5, 0.6) is 0 Å². The lowest BCUT2D eigenvalue weighted by Gasteiger charge is -2.26. The number of hydrogen-bond donors (Lipinski definition) is 12. The zero-order chi connectivity index (χ0) is 86.9. The van der Waals surface area contributed by atoms with Crippen LogP contribution in [-0.2, 0) is 29.1 Å². The van der Waals surface area contributed by atoms with Crippen molar-refractivity contribution in [3.63, 3.8) is 0 Å². The fraction of sp³-hybridized carbons (Fsp3) is 0.267. The van der Waals surface area contributed by atoms with Crippen LogP contribution in [0.2, 0.25) is 0 Å². The van der Waals surface area contributed by atoms with Crippen LogP contribution in [0.4, 0.5) is 43.0 Å². The minimum absolute atomic E-state index is 0.0433. The molecule has 14 heterocycles. The second kappa shape index (κ2) is 39.3. The molecule has 642 valence electrons. The van der Waals surface area contributed by atoms with E-state index in [9.17, 15) is 33.6 Å². The number of fused-ring (bicyclic) bond motifs is 4. The Labute approximate surface area is 712 Å². The first-order chi connectivity index (χ1) is 60.9. The van der Waals surface area contributed by atoms with Gasteiger partial charge in [0.15, 0.2) is 0 Å². The number of hydrogen-bond acceptors (Lipinski definition) is 21. The SMILES string of the molecule is CCCn1ccc(-c2cc(-n3cccn3)c3nc(NC(=O)NCC)[nH]c3c2)cc1=O.CCNC(=O)Nc1nc2c(-c3nnc(C)o3)cc(-c3cccnc3)cc2[nH]1.CCNC(=O)Nc1nc2c(-n3cccn3)cc(-c3ccn(CC4CCCO4)c(=O)c3)cc2[nH]1.CCNC(=O)Nc1nc2c(-n3cccn3)cc(-c3ccn(CCN4CCOCC4)c(=O)c3)cc2[nH]1. The molecule has 0 radical (unpaired) electrons. The predicted molar refractivity (Wildman–Crippen MR) is 473 cm³/mol. The van der Waals surface area contributed by atoms with Crippen LogP contribution >= 0.6 is 0 Å². The number of aromatic nitrogens is 20. The minimum Gasteiger partial charge on any atom is -0.421 e. The van der Waals surface area contributed by atoms with Crippen molar-refractivity contribution in [3.05, 3.63) is 220 Å². The molecule has 1 atom stereocenters. The molecule has 18 rings (SSSR count). The van der Waals surface area contributed by atoms with Gasteiger partial charge in [-0.25, -0.2) is 53.2 Å². The average molecular weight is 1690 g/mol. The number of pyridine rings is 4. The minimum atomic E-state index is -0.340. The number of imidazole rings is 4. The van der Waals surface area contributed by atoms with Crippen LogP contribution < -0.4 is 59.2 Å². The van der Waals surface area contributed by atoms with Gasteiger partial charge >= 0.3 is 24.1 Å². The molecule has 0 saturated carbocycles. The van der Waals surface area contributed by atoms with Crippen molar-refractivity contribution in [3.8, 4) is 73.0 Å². The normalized spacial score (nSPS) is 13.2. The molecule has 12 aromatic heterocycles. The molecule has 1 unspecified atom stereocenters. The van der Waals surface area contributed by atoms with Gasteiger partial charge in [0.25, 0.3) is 16.7 Å². The Bertz CT molecular complexity index is 6630. The summed E-state index contributed by atoms with van der Waals surface area (Å²) in [5.41, 5.74) is 14.9. The third-order valence-corrected chi connectivity index (χ3v) is 20.2. The Hall–Kier alpha value is -15.5. The van der Waals surface area contributed by atoms with Crippen molar-refractivity contribution in [1.29, 1.82) is 0 Å². The lowest BCUT2D eigenvalue weighted by Crippen LogP contribution is -2.39. The van der Waals surface area contributed by atoms with E-state index in [-0.39, 0.29) is 46.9 Å². The number of anilines is 4. The number of ether oxygens (including phenoxy) is 2. The molecule has 2 aliphatic heterocycles. The quantitative estimate of drug-likeness (QED) is 0.0283. The predicted octanol–water partition coefficient (Wildman–Crippen LogP) is 11.2. The van der Waals surface area contributed by atoms with Gasteiger partial charge in [-0.2, -0.15) is 15.3 Å². The maximum Gasteiger partial charge on any atom is 0.321 e. The van der Waals surface area contributed by atoms with Gasteiger partial charge in [-0.15, -0.1) is 10.2 Å². The number of H-pyrrole nitrogens is 4. The van der Waals surface area contributed by atoms with Gasteiger partial charge in [-0.05, 0) is 177 Å². The topological polar surface area (TPSA) is 472 Å². The molecule has 2 fully saturated rings. The number of nitrogens with one attached hydrogen (secondary N) is 12. The highest BCUT2D eigenvalue weighted by Gasteiger charge is 2.23. The summed E-state index contributed by atoms with van der Waals surface area (Å²) in [6.45, 7) is 19.9. The number of carbonyl (C=O) groups is 4. The largest absolute Gasteiger partial charge is 0.421 e. The summed E-state index contributed by atoms with van der Waals surface area (Å²) >= 11 is 0. The summed E-state index contributed by atoms with van der Waals surface area (Å²) in [5.74, 6) is 2.14. The highest BCUT2D eigenvalue weighted by molar-refractivity contribution is 5.99. The summed E-state index contributed by atoms with van der Waals surface area (Å²) in [6, 6.07) is 34.1. The molecule has 2 aliphatic rings. The van der Waals surface area contributed by atoms with Crippen molar-refractivity contribution in [1.82, 2.24) is 124 Å². The smallest absolute Gasteiger partial charge is 0.321 e. The molecule has 4 aromatic carbocycles. The van der Waals surface area contributed by atoms with Crippen LogP contribution in [0.3, 0.4) is 0 Å². The molecule has 2 saturated heterocycles. The van der Waals surface area contributed by atoms with E-state index in [1.807, 2.05) is 169 Å². The third-order valence-electron chi connectivity index (χ3n) is 20.2. The van der Waals surface area contributed by atoms with Crippen LogP contribution in [-0.4, -0.2) is 199 Å². The first kappa shape index (κ1) is 84.5. The van der Waals surface area contributed by atoms with Crippen molar-refractivity contribution < 1.29 is 33.1 Å². The van der Waals surface area contributed by atoms with E-state index in [0.29, 0.717) is 115 Å². The number of urea groups is 4. The van der Waals surface area contributed by atoms with Crippen molar-refractivity contribution >= 4 is 92.1 Å². The number of amides is 8. The Morgan fingerprint density at radius 1 is 0.440 bits per heavy atom. The molecular weight excluding hydrogens is 1600 g/mol. The van der Waals surface area contributed by atoms with E-state index < -0.39 is 0 Å². The fourth-order valence-corrected chi connectivity index (χ4v) is 14.3. The second-order valence-corrected chi connectivity index (χ2v) is 29.0. The molecule has 39 nitrogen and oxygen atoms in total. The zero-order valence-corrected chi connectivity index (χ0v) is 69.4. The molecule has 39 heteroatoms. The van der Waals surface area contributed by atoms with Crippen LogP contribution in [0.15, 0.2) is 202 Å². The van der Waals surface area contributed by atoms with Crippen LogP contribution in [0.1, 0.15) is 59.8 Å². The lowest BCUT2D eigenvalue weighted by atomic mass is 10.0. The average Bonchev–Trinajstić information content (AvgIpc) is 1.75. The van der Waals surface area contributed by atoms with Gasteiger partial charge in [0.2, 0.25) is 35.6 Å². The highest BCUT2D eigenvalue weighted by Crippen LogP contribution is 2.36. The van der Waals surface area contributed by atoms with E-state index in [4.69, 9.17) is 13.9 Å². The number of benzene rings is 4. The Balaban J connectivity index is 0.000000129. The second-order valence-electron chi connectivity index (χ2n) is 29.0. The van der Waals surface area contributed by atoms with Crippen LogP contribution in [0.25, 0.3) is 117 Å². The van der Waals surface area contributed by atoms with Gasteiger partial charge in [0.1, 0.15) is 22.1 Å².